The molecule has 2 aliphatic rings. The Hall–Kier alpha value is -1.61. The van der Waals surface area contributed by atoms with E-state index in [2.05, 4.69) is 61.8 Å². The number of para-hydroxylation sites is 1. The van der Waals surface area contributed by atoms with Crippen LogP contribution in [0, 0.1) is 0 Å². The number of benzene rings is 1. The minimum atomic E-state index is 0.431. The fourth-order valence-electron chi connectivity index (χ4n) is 4.64. The quantitative estimate of drug-likeness (QED) is 0.350. The SMILES string of the molecule is CN(C)c1nc(NC2CCC(NCC3=CCC(c4ccc(Br)s4)S3)CC2)nc2ccccc12. The van der Waals surface area contributed by atoms with Gasteiger partial charge in [-0.1, -0.05) is 18.2 Å². The van der Waals surface area contributed by atoms with Gasteiger partial charge >= 0.3 is 0 Å². The highest BCUT2D eigenvalue weighted by molar-refractivity contribution is 9.11. The van der Waals surface area contributed by atoms with E-state index in [0.29, 0.717) is 17.3 Å². The molecule has 0 saturated heterocycles. The lowest BCUT2D eigenvalue weighted by molar-refractivity contribution is 0.362. The summed E-state index contributed by atoms with van der Waals surface area (Å²) in [6.45, 7) is 0.996. The predicted octanol–water partition coefficient (Wildman–Crippen LogP) is 6.59. The molecule has 5 nitrogen and oxygen atoms in total. The molecule has 174 valence electrons. The Morgan fingerprint density at radius 2 is 1.82 bits per heavy atom. The Labute approximate surface area is 212 Å². The molecule has 8 heteroatoms. The van der Waals surface area contributed by atoms with Crippen molar-refractivity contribution in [2.75, 3.05) is 30.9 Å². The zero-order valence-corrected chi connectivity index (χ0v) is 22.3. The summed E-state index contributed by atoms with van der Waals surface area (Å²) < 4.78 is 1.22. The lowest BCUT2D eigenvalue weighted by Crippen LogP contribution is -2.37. The van der Waals surface area contributed by atoms with Crippen LogP contribution in [0.1, 0.15) is 42.2 Å². The highest BCUT2D eigenvalue weighted by atomic mass is 79.9. The van der Waals surface area contributed by atoms with Crippen LogP contribution in [0.25, 0.3) is 10.9 Å². The third-order valence-corrected chi connectivity index (χ3v) is 9.63. The highest BCUT2D eigenvalue weighted by Crippen LogP contribution is 2.46. The molecule has 1 aliphatic heterocycles. The minimum absolute atomic E-state index is 0.431. The van der Waals surface area contributed by atoms with Gasteiger partial charge in [0.1, 0.15) is 5.82 Å². The molecule has 0 amide bonds. The number of thioether (sulfide) groups is 1. The lowest BCUT2D eigenvalue weighted by Gasteiger charge is -2.30. The van der Waals surface area contributed by atoms with Crippen LogP contribution in [-0.4, -0.2) is 42.7 Å². The first-order valence-corrected chi connectivity index (χ1v) is 14.1. The van der Waals surface area contributed by atoms with E-state index >= 15 is 0 Å². The predicted molar refractivity (Wildman–Crippen MR) is 147 cm³/mol. The molecule has 1 saturated carbocycles. The second kappa shape index (κ2) is 10.3. The normalized spacial score (nSPS) is 23.0. The first-order chi connectivity index (χ1) is 16.0. The first-order valence-electron chi connectivity index (χ1n) is 11.6. The van der Waals surface area contributed by atoms with Gasteiger partial charge in [0.2, 0.25) is 5.95 Å². The summed E-state index contributed by atoms with van der Waals surface area (Å²) in [6, 6.07) is 13.7. The van der Waals surface area contributed by atoms with Gasteiger partial charge in [0, 0.05) is 48.2 Å². The molecule has 0 radical (unpaired) electrons. The topological polar surface area (TPSA) is 53.1 Å². The number of fused-ring (bicyclic) bond motifs is 1. The molecule has 0 bridgehead atoms. The number of anilines is 2. The van der Waals surface area contributed by atoms with Gasteiger partial charge in [-0.05, 0) is 77.2 Å². The van der Waals surface area contributed by atoms with Gasteiger partial charge in [-0.2, -0.15) is 4.98 Å². The van der Waals surface area contributed by atoms with E-state index in [1.54, 1.807) is 0 Å². The summed E-state index contributed by atoms with van der Waals surface area (Å²) >= 11 is 7.47. The summed E-state index contributed by atoms with van der Waals surface area (Å²) in [7, 11) is 4.07. The van der Waals surface area contributed by atoms with Gasteiger partial charge in [0.25, 0.3) is 0 Å². The van der Waals surface area contributed by atoms with Crippen LogP contribution in [0.15, 0.2) is 51.2 Å². The Bertz CT molecular complexity index is 1140. The molecule has 1 atom stereocenters. The molecule has 3 aromatic rings. The van der Waals surface area contributed by atoms with Gasteiger partial charge in [-0.25, -0.2) is 4.98 Å². The highest BCUT2D eigenvalue weighted by Gasteiger charge is 2.24. The molecule has 1 aliphatic carbocycles. The van der Waals surface area contributed by atoms with E-state index in [-0.39, 0.29) is 0 Å². The fourth-order valence-corrected chi connectivity index (χ4v) is 7.46. The lowest BCUT2D eigenvalue weighted by atomic mass is 9.91. The van der Waals surface area contributed by atoms with E-state index in [9.17, 15) is 0 Å². The van der Waals surface area contributed by atoms with Crippen LogP contribution in [0.5, 0.6) is 0 Å². The van der Waals surface area contributed by atoms with Crippen molar-refractivity contribution >= 4 is 61.7 Å². The molecule has 33 heavy (non-hydrogen) atoms. The number of aromatic nitrogens is 2. The van der Waals surface area contributed by atoms with Crippen LogP contribution in [0.3, 0.4) is 0 Å². The zero-order valence-electron chi connectivity index (χ0n) is 19.1. The molecule has 5 rings (SSSR count). The van der Waals surface area contributed by atoms with E-state index in [0.717, 1.165) is 48.5 Å². The maximum absolute atomic E-state index is 4.81. The van der Waals surface area contributed by atoms with Crippen LogP contribution in [-0.2, 0) is 0 Å². The average Bonchev–Trinajstić information content (AvgIpc) is 3.47. The molecule has 2 aromatic heterocycles. The number of nitrogens with zero attached hydrogens (tertiary/aromatic N) is 3. The summed E-state index contributed by atoms with van der Waals surface area (Å²) in [6.07, 6.45) is 8.22. The molecular weight excluding hydrogens is 514 g/mol. The number of hydrogen-bond acceptors (Lipinski definition) is 7. The maximum atomic E-state index is 4.81. The summed E-state index contributed by atoms with van der Waals surface area (Å²) in [5.74, 6) is 1.71. The van der Waals surface area contributed by atoms with Crippen molar-refractivity contribution in [3.8, 4) is 0 Å². The maximum Gasteiger partial charge on any atom is 0.225 e. The third-order valence-electron chi connectivity index (χ3n) is 6.40. The van der Waals surface area contributed by atoms with Crippen molar-refractivity contribution in [3.05, 3.63) is 56.0 Å². The van der Waals surface area contributed by atoms with Crippen molar-refractivity contribution in [1.29, 1.82) is 0 Å². The van der Waals surface area contributed by atoms with E-state index in [1.807, 2.05) is 49.3 Å². The van der Waals surface area contributed by atoms with Crippen LogP contribution in [0.2, 0.25) is 0 Å². The van der Waals surface area contributed by atoms with Crippen molar-refractivity contribution in [2.24, 2.45) is 0 Å². The molecule has 1 fully saturated rings. The van der Waals surface area contributed by atoms with E-state index in [1.165, 1.54) is 26.4 Å². The number of thiophene rings is 1. The average molecular weight is 545 g/mol. The standard InChI is InChI=1S/C25H30BrN5S2/c1-31(2)24-19-5-3-4-6-20(19)29-25(30-24)28-17-9-7-16(8-10-17)27-15-18-11-12-21(32-18)22-13-14-23(26)33-22/h3-6,11,13-14,16-17,21,27H,7-10,12,15H2,1-2H3,(H,28,29,30). The zero-order chi connectivity index (χ0) is 22.8. The monoisotopic (exact) mass is 543 g/mol. The summed E-state index contributed by atoms with van der Waals surface area (Å²) in [5.41, 5.74) is 0.990. The number of hydrogen-bond donors (Lipinski definition) is 2. The van der Waals surface area contributed by atoms with Gasteiger partial charge < -0.3 is 15.5 Å². The third kappa shape index (κ3) is 5.56. The van der Waals surface area contributed by atoms with Crippen molar-refractivity contribution in [1.82, 2.24) is 15.3 Å². The Balaban J connectivity index is 1.11. The van der Waals surface area contributed by atoms with E-state index < -0.39 is 0 Å². The van der Waals surface area contributed by atoms with Crippen molar-refractivity contribution in [3.63, 3.8) is 0 Å². The summed E-state index contributed by atoms with van der Waals surface area (Å²) in [4.78, 5) is 14.6. The van der Waals surface area contributed by atoms with Gasteiger partial charge in [-0.15, -0.1) is 23.1 Å². The minimum Gasteiger partial charge on any atom is -0.362 e. The fraction of sp³-hybridized carbons (Fsp3) is 0.440. The number of rotatable bonds is 7. The molecule has 2 N–H and O–H groups in total. The van der Waals surface area contributed by atoms with E-state index in [4.69, 9.17) is 9.97 Å². The number of halogens is 1. The van der Waals surface area contributed by atoms with Crippen molar-refractivity contribution < 1.29 is 0 Å². The van der Waals surface area contributed by atoms with Crippen LogP contribution < -0.4 is 15.5 Å². The smallest absolute Gasteiger partial charge is 0.225 e. The first kappa shape index (κ1) is 23.1. The number of allylic oxidation sites excluding steroid dienone is 1. The van der Waals surface area contributed by atoms with Gasteiger partial charge in [0.15, 0.2) is 0 Å². The molecule has 1 unspecified atom stereocenters. The molecule has 3 heterocycles. The molecular formula is C25H30BrN5S2. The Morgan fingerprint density at radius 1 is 1.03 bits per heavy atom. The largest absolute Gasteiger partial charge is 0.362 e. The summed E-state index contributed by atoms with van der Waals surface area (Å²) in [5, 5.41) is 9.11. The van der Waals surface area contributed by atoms with Gasteiger partial charge in [0.05, 0.1) is 9.30 Å². The Morgan fingerprint density at radius 3 is 2.58 bits per heavy atom. The number of nitrogens with one attached hydrogen (secondary N) is 2. The second-order valence-corrected chi connectivity index (χ2v) is 12.8. The second-order valence-electron chi connectivity index (χ2n) is 9.01. The molecule has 0 spiro atoms. The van der Waals surface area contributed by atoms with Crippen LogP contribution >= 0.6 is 39.0 Å². The van der Waals surface area contributed by atoms with Gasteiger partial charge in [-0.3, -0.25) is 0 Å². The Kier molecular flexibility index (Phi) is 7.25. The molecule has 1 aromatic carbocycles. The van der Waals surface area contributed by atoms with Crippen LogP contribution in [0.4, 0.5) is 11.8 Å². The van der Waals surface area contributed by atoms with Crippen molar-refractivity contribution in [2.45, 2.75) is 49.4 Å².